The van der Waals surface area contributed by atoms with E-state index in [0.717, 1.165) is 0 Å². The first-order valence-corrected chi connectivity index (χ1v) is 3.98. The van der Waals surface area contributed by atoms with Gasteiger partial charge in [0.05, 0.1) is 7.11 Å². The van der Waals surface area contributed by atoms with E-state index in [4.69, 9.17) is 5.73 Å². The number of hydrogen-bond donors (Lipinski definition) is 1. The van der Waals surface area contributed by atoms with Crippen molar-refractivity contribution in [1.29, 1.82) is 0 Å². The molecular formula is C9H11FN2O2. The van der Waals surface area contributed by atoms with E-state index < -0.39 is 17.5 Å². The zero-order valence-corrected chi connectivity index (χ0v) is 7.95. The van der Waals surface area contributed by atoms with Gasteiger partial charge in [0.15, 0.2) is 0 Å². The number of hydrogen-bond acceptors (Lipinski definition) is 4. The van der Waals surface area contributed by atoms with E-state index in [1.165, 1.54) is 32.4 Å². The fourth-order valence-corrected chi connectivity index (χ4v) is 1.10. The third-order valence-corrected chi connectivity index (χ3v) is 1.93. The normalized spacial score (nSPS) is 14.6. The lowest BCUT2D eigenvalue weighted by Crippen LogP contribution is -2.43. The van der Waals surface area contributed by atoms with Gasteiger partial charge in [-0.15, -0.1) is 0 Å². The summed E-state index contributed by atoms with van der Waals surface area (Å²) < 4.78 is 17.6. The molecule has 0 fully saturated rings. The Morgan fingerprint density at radius 1 is 1.71 bits per heavy atom. The molecule has 2 N–H and O–H groups in total. The second-order valence-corrected chi connectivity index (χ2v) is 3.04. The standard InChI is InChI=1S/C9H11FN2O2/c1-9(11,8(13)14-2)6-4-3-5-12-7(6)10/h3-5H,11H2,1-2H3/t9-/m0/s1. The second kappa shape index (κ2) is 3.71. The number of esters is 1. The number of carbonyl (C=O) groups is 1. The van der Waals surface area contributed by atoms with Crippen LogP contribution >= 0.6 is 0 Å². The van der Waals surface area contributed by atoms with Gasteiger partial charge in [-0.25, -0.2) is 9.78 Å². The summed E-state index contributed by atoms with van der Waals surface area (Å²) in [5.74, 6) is -1.47. The van der Waals surface area contributed by atoms with Crippen molar-refractivity contribution in [3.8, 4) is 0 Å². The summed E-state index contributed by atoms with van der Waals surface area (Å²) in [5, 5.41) is 0. The minimum Gasteiger partial charge on any atom is -0.467 e. The average molecular weight is 198 g/mol. The van der Waals surface area contributed by atoms with Gasteiger partial charge >= 0.3 is 5.97 Å². The molecule has 1 aromatic heterocycles. The van der Waals surface area contributed by atoms with E-state index in [0.29, 0.717) is 0 Å². The number of ether oxygens (including phenoxy) is 1. The molecule has 0 aliphatic carbocycles. The number of pyridine rings is 1. The highest BCUT2D eigenvalue weighted by Gasteiger charge is 2.34. The fraction of sp³-hybridized carbons (Fsp3) is 0.333. The highest BCUT2D eigenvalue weighted by atomic mass is 19.1. The minimum absolute atomic E-state index is 0.0202. The van der Waals surface area contributed by atoms with Crippen LogP contribution < -0.4 is 5.73 Å². The summed E-state index contributed by atoms with van der Waals surface area (Å²) >= 11 is 0. The maximum absolute atomic E-state index is 13.2. The first-order chi connectivity index (χ1) is 6.50. The third kappa shape index (κ3) is 1.72. The zero-order valence-electron chi connectivity index (χ0n) is 7.95. The molecule has 0 amide bonds. The molecule has 1 aromatic rings. The smallest absolute Gasteiger partial charge is 0.330 e. The summed E-state index contributed by atoms with van der Waals surface area (Å²) in [7, 11) is 1.20. The van der Waals surface area contributed by atoms with Crippen LogP contribution in [0.2, 0.25) is 0 Å². The molecule has 0 aliphatic heterocycles. The van der Waals surface area contributed by atoms with E-state index in [1.807, 2.05) is 0 Å². The zero-order chi connectivity index (χ0) is 10.8. The summed E-state index contributed by atoms with van der Waals surface area (Å²) in [4.78, 5) is 14.7. The third-order valence-electron chi connectivity index (χ3n) is 1.93. The molecule has 1 heterocycles. The fourth-order valence-electron chi connectivity index (χ4n) is 1.10. The van der Waals surface area contributed by atoms with Crippen molar-refractivity contribution in [2.75, 3.05) is 7.11 Å². The Hall–Kier alpha value is -1.49. The summed E-state index contributed by atoms with van der Waals surface area (Å²) in [6, 6.07) is 2.91. The molecule has 0 spiro atoms. The lowest BCUT2D eigenvalue weighted by atomic mass is 9.95. The van der Waals surface area contributed by atoms with E-state index in [9.17, 15) is 9.18 Å². The average Bonchev–Trinajstić information content (AvgIpc) is 2.17. The van der Waals surface area contributed by atoms with Crippen LogP contribution in [0.5, 0.6) is 0 Å². The van der Waals surface area contributed by atoms with Crippen LogP contribution in [0.25, 0.3) is 0 Å². The largest absolute Gasteiger partial charge is 0.467 e. The summed E-state index contributed by atoms with van der Waals surface area (Å²) in [5.41, 5.74) is 4.15. The van der Waals surface area contributed by atoms with Gasteiger partial charge in [0.2, 0.25) is 5.95 Å². The Bertz CT molecular complexity index is 352. The molecule has 1 rings (SSSR count). The van der Waals surface area contributed by atoms with Crippen molar-refractivity contribution in [3.05, 3.63) is 29.8 Å². The van der Waals surface area contributed by atoms with Crippen LogP contribution in [0.4, 0.5) is 4.39 Å². The van der Waals surface area contributed by atoms with E-state index in [-0.39, 0.29) is 5.56 Å². The number of methoxy groups -OCH3 is 1. The van der Waals surface area contributed by atoms with Gasteiger partial charge in [-0.05, 0) is 13.0 Å². The van der Waals surface area contributed by atoms with Crippen molar-refractivity contribution in [2.45, 2.75) is 12.5 Å². The van der Waals surface area contributed by atoms with E-state index in [1.54, 1.807) is 0 Å². The molecule has 0 aliphatic rings. The number of aromatic nitrogens is 1. The van der Waals surface area contributed by atoms with Crippen molar-refractivity contribution in [1.82, 2.24) is 4.98 Å². The van der Waals surface area contributed by atoms with Gasteiger partial charge < -0.3 is 10.5 Å². The van der Waals surface area contributed by atoms with Crippen LogP contribution in [-0.2, 0) is 15.1 Å². The molecule has 0 radical (unpaired) electrons. The predicted molar refractivity (Wildman–Crippen MR) is 47.8 cm³/mol. The molecule has 14 heavy (non-hydrogen) atoms. The van der Waals surface area contributed by atoms with Gasteiger partial charge in [0.1, 0.15) is 5.54 Å². The molecule has 0 aromatic carbocycles. The van der Waals surface area contributed by atoms with Crippen molar-refractivity contribution in [3.63, 3.8) is 0 Å². The van der Waals surface area contributed by atoms with E-state index >= 15 is 0 Å². The Kier molecular flexibility index (Phi) is 2.81. The number of rotatable bonds is 2. The topological polar surface area (TPSA) is 65.2 Å². The quantitative estimate of drug-likeness (QED) is 0.557. The monoisotopic (exact) mass is 198 g/mol. The molecule has 76 valence electrons. The number of nitrogens with zero attached hydrogens (tertiary/aromatic N) is 1. The highest BCUT2D eigenvalue weighted by Crippen LogP contribution is 2.20. The van der Waals surface area contributed by atoms with Crippen molar-refractivity contribution < 1.29 is 13.9 Å². The van der Waals surface area contributed by atoms with Crippen LogP contribution in [0.15, 0.2) is 18.3 Å². The van der Waals surface area contributed by atoms with Crippen LogP contribution in [0, 0.1) is 5.95 Å². The maximum atomic E-state index is 13.2. The number of halogens is 1. The van der Waals surface area contributed by atoms with Crippen molar-refractivity contribution in [2.24, 2.45) is 5.73 Å². The Morgan fingerprint density at radius 3 is 2.86 bits per heavy atom. The molecule has 0 saturated carbocycles. The van der Waals surface area contributed by atoms with Gasteiger partial charge in [-0.1, -0.05) is 6.07 Å². The lowest BCUT2D eigenvalue weighted by Gasteiger charge is -2.21. The van der Waals surface area contributed by atoms with Crippen LogP contribution in [0.3, 0.4) is 0 Å². The van der Waals surface area contributed by atoms with Crippen molar-refractivity contribution >= 4 is 5.97 Å². The maximum Gasteiger partial charge on any atom is 0.330 e. The minimum atomic E-state index is -1.51. The van der Waals surface area contributed by atoms with Gasteiger partial charge in [-0.2, -0.15) is 4.39 Å². The Labute approximate surface area is 80.9 Å². The number of carbonyl (C=O) groups excluding carboxylic acids is 1. The van der Waals surface area contributed by atoms with E-state index in [2.05, 4.69) is 9.72 Å². The first-order valence-electron chi connectivity index (χ1n) is 3.98. The second-order valence-electron chi connectivity index (χ2n) is 3.04. The molecule has 0 saturated heterocycles. The molecule has 1 atom stereocenters. The van der Waals surface area contributed by atoms with Gasteiger partial charge in [-0.3, -0.25) is 0 Å². The molecule has 0 bridgehead atoms. The SMILES string of the molecule is COC(=O)[C@@](C)(N)c1cccnc1F. The Morgan fingerprint density at radius 2 is 2.36 bits per heavy atom. The number of nitrogens with two attached hydrogens (primary N) is 1. The van der Waals surface area contributed by atoms with Gasteiger partial charge in [0.25, 0.3) is 0 Å². The lowest BCUT2D eigenvalue weighted by molar-refractivity contribution is -0.146. The highest BCUT2D eigenvalue weighted by molar-refractivity contribution is 5.81. The van der Waals surface area contributed by atoms with Crippen LogP contribution in [-0.4, -0.2) is 18.1 Å². The van der Waals surface area contributed by atoms with Gasteiger partial charge in [0, 0.05) is 11.8 Å². The molecule has 4 nitrogen and oxygen atoms in total. The molecule has 0 unspecified atom stereocenters. The molecular weight excluding hydrogens is 187 g/mol. The summed E-state index contributed by atoms with van der Waals surface area (Å²) in [6.07, 6.45) is 1.28. The van der Waals surface area contributed by atoms with Crippen LogP contribution in [0.1, 0.15) is 12.5 Å². The Balaban J connectivity index is 3.16. The summed E-state index contributed by atoms with van der Waals surface area (Å²) in [6.45, 7) is 1.37. The first kappa shape index (κ1) is 10.6. The molecule has 5 heteroatoms. The predicted octanol–water partition coefficient (Wildman–Crippen LogP) is 0.568.